The average Bonchev–Trinajstić information content (AvgIpc) is 1.26. The van der Waals surface area contributed by atoms with E-state index in [9.17, 15) is 49.6 Å². The Balaban J connectivity index is 0.000000191. The fraction of sp³-hybridized carbons (Fsp3) is 0.314. The lowest BCUT2D eigenvalue weighted by atomic mass is 9.80. The SMILES string of the molecule is CC1(O)CCN(CC(c2ccccc2)c2ccccc2)C1.COC(=O)C1=C(C)NC(C)=C(C(=O)O)[C@H]1c1cccc([N+](=O)[O-])c1.COC(=O)C1=C(C)NC(C)=C(C(=O)OC2(C)CCN(CC(c3ccccc3)c3ccccc3)C2)[C@H]1c1cccc([N+](=O)[O-])c1. The van der Waals surface area contributed by atoms with Crippen molar-refractivity contribution in [1.29, 1.82) is 0 Å². The van der Waals surface area contributed by atoms with Crippen molar-refractivity contribution in [2.45, 2.75) is 89.3 Å². The molecule has 2 unspecified atom stereocenters. The molecule has 2 fully saturated rings. The Labute approximate surface area is 518 Å². The number of nitro groups is 2. The van der Waals surface area contributed by atoms with E-state index in [1.807, 2.05) is 50.2 Å². The standard InChI is InChI=1S/C35H37N3O6.C19H23NO.C16H16N2O6/c1-23-30(33(39)43-4)32(27-16-11-17-28(20-27)38(41)42)31(24(2)36-23)34(40)44-35(3)18-19-37(22-35)21-29(25-12-7-5-8-13-25)26-14-9-6-10-15-26;1-19(21)12-13-20(15-19)14-18(16-8-4-2-5-9-16)17-10-6-3-7-11-17;1-8-12(15(19)20)14(13(9(2)17-8)16(21)24-3)10-5-4-6-11(7-10)18(22)23/h5-17,20,29,32,36H,18-19,21-22H2,1-4H3;2-11,18,21H,12-15H2,1H3;4-7,14,17H,1-3H3,(H,19,20)/t32-,35?;;14-/m0.1/s1. The number of rotatable bonds is 17. The van der Waals surface area contributed by atoms with Crippen LogP contribution in [0.1, 0.15) is 111 Å². The van der Waals surface area contributed by atoms with Gasteiger partial charge in [0, 0.05) is 105 Å². The lowest BCUT2D eigenvalue weighted by molar-refractivity contribution is -0.385. The van der Waals surface area contributed by atoms with E-state index in [2.05, 4.69) is 105 Å². The fourth-order valence-electron chi connectivity index (χ4n) is 12.4. The number of dihydropyridines is 2. The number of esters is 3. The smallest absolute Gasteiger partial charge is 0.337 e. The number of ether oxygens (including phenoxy) is 3. The van der Waals surface area contributed by atoms with Crippen molar-refractivity contribution in [3.63, 3.8) is 0 Å². The van der Waals surface area contributed by atoms with Crippen LogP contribution in [0.3, 0.4) is 0 Å². The van der Waals surface area contributed by atoms with E-state index >= 15 is 0 Å². The molecule has 0 spiro atoms. The van der Waals surface area contributed by atoms with Crippen LogP contribution in [-0.2, 0) is 33.4 Å². The first-order valence-corrected chi connectivity index (χ1v) is 29.4. The Hall–Kier alpha value is -9.56. The van der Waals surface area contributed by atoms with Gasteiger partial charge < -0.3 is 35.1 Å². The Morgan fingerprint density at radius 3 is 1.22 bits per heavy atom. The summed E-state index contributed by atoms with van der Waals surface area (Å²) in [6.07, 6.45) is 1.50. The number of carboxylic acid groups (broad SMARTS) is 1. The summed E-state index contributed by atoms with van der Waals surface area (Å²) in [5.74, 6) is -4.47. The molecule has 0 aliphatic carbocycles. The van der Waals surface area contributed by atoms with Crippen molar-refractivity contribution in [3.05, 3.63) is 269 Å². The minimum absolute atomic E-state index is 0.0542. The van der Waals surface area contributed by atoms with E-state index in [1.165, 1.54) is 66.8 Å². The predicted molar refractivity (Wildman–Crippen MR) is 337 cm³/mol. The highest BCUT2D eigenvalue weighted by molar-refractivity contribution is 6.00. The zero-order chi connectivity index (χ0) is 64.2. The predicted octanol–water partition coefficient (Wildman–Crippen LogP) is 11.2. The van der Waals surface area contributed by atoms with Gasteiger partial charge in [-0.3, -0.25) is 30.0 Å². The molecule has 0 bridgehead atoms. The number of benzene rings is 6. The van der Waals surface area contributed by atoms with E-state index < -0.39 is 56.8 Å². The first kappa shape index (κ1) is 65.4. The highest BCUT2D eigenvalue weighted by Crippen LogP contribution is 2.43. The van der Waals surface area contributed by atoms with Gasteiger partial charge in [-0.05, 0) is 81.3 Å². The van der Waals surface area contributed by atoms with Gasteiger partial charge in [0.15, 0.2) is 0 Å². The van der Waals surface area contributed by atoms with Crippen LogP contribution in [0.5, 0.6) is 0 Å². The van der Waals surface area contributed by atoms with Crippen molar-refractivity contribution in [1.82, 2.24) is 20.4 Å². The second-order valence-corrected chi connectivity index (χ2v) is 23.3. The maximum absolute atomic E-state index is 14.1. The van der Waals surface area contributed by atoms with Gasteiger partial charge in [-0.25, -0.2) is 19.2 Å². The van der Waals surface area contributed by atoms with Crippen LogP contribution in [0.2, 0.25) is 0 Å². The Bertz CT molecular complexity index is 3620. The molecule has 19 heteroatoms. The highest BCUT2D eigenvalue weighted by atomic mass is 16.6. The molecule has 6 aromatic rings. The summed E-state index contributed by atoms with van der Waals surface area (Å²) in [5.41, 5.74) is 6.57. The van der Waals surface area contributed by atoms with Crippen molar-refractivity contribution in [2.75, 3.05) is 53.5 Å². The summed E-state index contributed by atoms with van der Waals surface area (Å²) in [6.45, 7) is 15.3. The number of nitrogens with one attached hydrogen (secondary N) is 2. The third-order valence-electron chi connectivity index (χ3n) is 16.7. The number of carbonyl (C=O) groups is 4. The number of aliphatic carboxylic acids is 1. The molecule has 4 aliphatic rings. The molecule has 10 rings (SSSR count). The molecule has 4 heterocycles. The lowest BCUT2D eigenvalue weighted by Gasteiger charge is -2.33. The minimum Gasteiger partial charge on any atom is -0.478 e. The summed E-state index contributed by atoms with van der Waals surface area (Å²) in [6, 6.07) is 53.7. The normalized spacial score (nSPS) is 20.2. The fourth-order valence-corrected chi connectivity index (χ4v) is 12.4. The molecule has 0 saturated carbocycles. The van der Waals surface area contributed by atoms with Gasteiger partial charge >= 0.3 is 23.9 Å². The molecule has 2 saturated heterocycles. The summed E-state index contributed by atoms with van der Waals surface area (Å²) in [4.78, 5) is 77.2. The van der Waals surface area contributed by atoms with E-state index in [0.29, 0.717) is 52.8 Å². The van der Waals surface area contributed by atoms with Gasteiger partial charge in [0.05, 0.1) is 63.8 Å². The van der Waals surface area contributed by atoms with Gasteiger partial charge in [-0.1, -0.05) is 146 Å². The molecule has 6 aromatic carbocycles. The van der Waals surface area contributed by atoms with Gasteiger partial charge in [-0.15, -0.1) is 0 Å². The van der Waals surface area contributed by atoms with Crippen molar-refractivity contribution in [2.24, 2.45) is 0 Å². The van der Waals surface area contributed by atoms with E-state index in [1.54, 1.807) is 45.9 Å². The number of non-ortho nitro benzene ring substituents is 2. The van der Waals surface area contributed by atoms with E-state index in [-0.39, 0.29) is 39.6 Å². The minimum atomic E-state index is -1.22. The molecule has 464 valence electrons. The largest absolute Gasteiger partial charge is 0.478 e. The maximum Gasteiger partial charge on any atom is 0.337 e. The number of hydrogen-bond donors (Lipinski definition) is 4. The summed E-state index contributed by atoms with van der Waals surface area (Å²) in [7, 11) is 2.46. The lowest BCUT2D eigenvalue weighted by Crippen LogP contribution is -2.39. The molecule has 19 nitrogen and oxygen atoms in total. The van der Waals surface area contributed by atoms with Gasteiger partial charge in [0.25, 0.3) is 11.4 Å². The van der Waals surface area contributed by atoms with Gasteiger partial charge in [0.2, 0.25) is 0 Å². The summed E-state index contributed by atoms with van der Waals surface area (Å²) in [5, 5.41) is 48.3. The quantitative estimate of drug-likeness (QED) is 0.0287. The topological polar surface area (TPSA) is 253 Å². The number of methoxy groups -OCH3 is 2. The van der Waals surface area contributed by atoms with Crippen LogP contribution in [0, 0.1) is 20.2 Å². The van der Waals surface area contributed by atoms with E-state index in [4.69, 9.17) is 14.2 Å². The molecule has 4 aliphatic heterocycles. The van der Waals surface area contributed by atoms with Gasteiger partial charge in [0.1, 0.15) is 5.60 Å². The molecule has 0 aromatic heterocycles. The van der Waals surface area contributed by atoms with Crippen molar-refractivity contribution >= 4 is 35.3 Å². The van der Waals surface area contributed by atoms with Crippen molar-refractivity contribution in [3.8, 4) is 0 Å². The molecule has 0 amide bonds. The first-order valence-electron chi connectivity index (χ1n) is 29.4. The number of aliphatic hydroxyl groups is 1. The van der Waals surface area contributed by atoms with Gasteiger partial charge in [-0.2, -0.15) is 0 Å². The second-order valence-electron chi connectivity index (χ2n) is 23.3. The maximum atomic E-state index is 14.1. The average molecular weight is 1210 g/mol. The number of nitrogens with zero attached hydrogens (tertiary/aromatic N) is 4. The number of nitro benzene ring substituents is 2. The monoisotopic (exact) mass is 1210 g/mol. The molecular formula is C70H76N6O13. The Kier molecular flexibility index (Phi) is 21.3. The number of carboxylic acids is 1. The highest BCUT2D eigenvalue weighted by Gasteiger charge is 2.44. The van der Waals surface area contributed by atoms with Crippen LogP contribution < -0.4 is 10.6 Å². The third-order valence-corrected chi connectivity index (χ3v) is 16.7. The summed E-state index contributed by atoms with van der Waals surface area (Å²) >= 11 is 0. The molecule has 89 heavy (non-hydrogen) atoms. The van der Waals surface area contributed by atoms with E-state index in [0.717, 1.165) is 39.1 Å². The number of likely N-dealkylation sites (tertiary alicyclic amines) is 2. The first-order chi connectivity index (χ1) is 42.5. The van der Waals surface area contributed by atoms with Crippen molar-refractivity contribution < 1.29 is 53.4 Å². The number of hydrogen-bond acceptors (Lipinski definition) is 16. The second kappa shape index (κ2) is 29.0. The van der Waals surface area contributed by atoms with Crippen LogP contribution in [0.4, 0.5) is 11.4 Å². The number of allylic oxidation sites excluding steroid dienone is 4. The Morgan fingerprint density at radius 1 is 0.528 bits per heavy atom. The summed E-state index contributed by atoms with van der Waals surface area (Å²) < 4.78 is 16.1. The molecule has 0 radical (unpaired) electrons. The van der Waals surface area contributed by atoms with Crippen LogP contribution in [-0.4, -0.2) is 118 Å². The number of carbonyl (C=O) groups excluding carboxylic acids is 3. The molecule has 4 N–H and O–H groups in total. The Morgan fingerprint density at radius 2 is 0.876 bits per heavy atom. The van der Waals surface area contributed by atoms with Crippen LogP contribution in [0.25, 0.3) is 0 Å². The van der Waals surface area contributed by atoms with Crippen LogP contribution in [0.15, 0.2) is 215 Å². The third kappa shape index (κ3) is 16.0. The molecule has 4 atom stereocenters. The van der Waals surface area contributed by atoms with Crippen LogP contribution >= 0.6 is 0 Å². The zero-order valence-electron chi connectivity index (χ0n) is 51.3. The zero-order valence-corrected chi connectivity index (χ0v) is 51.3. The molecular weight excluding hydrogens is 1130 g/mol. The number of β-amino-alcohol motifs (C(OH)–C–C–N with tert-alkyl or cyclic N) is 1.